The molecule has 104 valence electrons. The first-order valence-corrected chi connectivity index (χ1v) is 7.13. The molecule has 2 rings (SSSR count). The molecule has 1 heterocycles. The standard InChI is InChI=1S/C12H18N4O2S/c1-7-10(19-12(14)15-7)11(18)16(6-9(13)17)8-4-2-3-5-8/h8H,2-6H2,1H3,(H2,13,17)(H2,14,15). The zero-order valence-corrected chi connectivity index (χ0v) is 11.7. The second-order valence-corrected chi connectivity index (χ2v) is 5.83. The van der Waals surface area contributed by atoms with Crippen LogP contribution in [0.25, 0.3) is 0 Å². The fraction of sp³-hybridized carbons (Fsp3) is 0.583. The zero-order valence-electron chi connectivity index (χ0n) is 10.9. The molecule has 1 aliphatic carbocycles. The van der Waals surface area contributed by atoms with Gasteiger partial charge in [-0.25, -0.2) is 4.98 Å². The first kappa shape index (κ1) is 13.8. The number of carbonyl (C=O) groups is 2. The molecule has 1 aromatic heterocycles. The highest BCUT2D eigenvalue weighted by molar-refractivity contribution is 7.17. The van der Waals surface area contributed by atoms with Crippen molar-refractivity contribution in [2.75, 3.05) is 12.3 Å². The molecule has 2 amide bonds. The molecule has 1 fully saturated rings. The zero-order chi connectivity index (χ0) is 14.0. The number of nitrogen functional groups attached to an aromatic ring is 1. The number of primary amides is 1. The van der Waals surface area contributed by atoms with Crippen LogP contribution in [-0.4, -0.2) is 34.3 Å². The number of hydrogen-bond donors (Lipinski definition) is 2. The van der Waals surface area contributed by atoms with Gasteiger partial charge >= 0.3 is 0 Å². The van der Waals surface area contributed by atoms with Gasteiger partial charge in [0.25, 0.3) is 5.91 Å². The minimum absolute atomic E-state index is 0.0409. The van der Waals surface area contributed by atoms with Gasteiger partial charge in [-0.3, -0.25) is 9.59 Å². The topological polar surface area (TPSA) is 102 Å². The predicted molar refractivity (Wildman–Crippen MR) is 73.8 cm³/mol. The Kier molecular flexibility index (Phi) is 4.04. The van der Waals surface area contributed by atoms with E-state index in [1.165, 1.54) is 0 Å². The molecule has 7 heteroatoms. The largest absolute Gasteiger partial charge is 0.375 e. The van der Waals surface area contributed by atoms with Crippen molar-refractivity contribution < 1.29 is 9.59 Å². The summed E-state index contributed by atoms with van der Waals surface area (Å²) < 4.78 is 0. The minimum Gasteiger partial charge on any atom is -0.375 e. The molecule has 0 spiro atoms. The van der Waals surface area contributed by atoms with Crippen molar-refractivity contribution in [3.63, 3.8) is 0 Å². The Morgan fingerprint density at radius 1 is 1.42 bits per heavy atom. The summed E-state index contributed by atoms with van der Waals surface area (Å²) in [4.78, 5) is 29.9. The first-order chi connectivity index (χ1) is 8.99. The van der Waals surface area contributed by atoms with E-state index >= 15 is 0 Å². The van der Waals surface area contributed by atoms with Crippen LogP contribution in [-0.2, 0) is 4.79 Å². The fourth-order valence-corrected chi connectivity index (χ4v) is 3.29. The van der Waals surface area contributed by atoms with Crippen molar-refractivity contribution in [1.82, 2.24) is 9.88 Å². The minimum atomic E-state index is -0.490. The Morgan fingerprint density at radius 2 is 2.05 bits per heavy atom. The van der Waals surface area contributed by atoms with Crippen molar-refractivity contribution in [2.24, 2.45) is 5.73 Å². The van der Waals surface area contributed by atoms with E-state index in [0.717, 1.165) is 37.0 Å². The molecule has 6 nitrogen and oxygen atoms in total. The van der Waals surface area contributed by atoms with Crippen LogP contribution >= 0.6 is 11.3 Å². The van der Waals surface area contributed by atoms with Crippen LogP contribution in [0.1, 0.15) is 41.0 Å². The number of anilines is 1. The van der Waals surface area contributed by atoms with Crippen LogP contribution in [0.2, 0.25) is 0 Å². The van der Waals surface area contributed by atoms with Gasteiger partial charge in [0.05, 0.1) is 12.2 Å². The SMILES string of the molecule is Cc1nc(N)sc1C(=O)N(CC(N)=O)C1CCCC1. The quantitative estimate of drug-likeness (QED) is 0.856. The number of aromatic nitrogens is 1. The molecule has 0 saturated heterocycles. The van der Waals surface area contributed by atoms with E-state index < -0.39 is 5.91 Å². The molecule has 1 saturated carbocycles. The van der Waals surface area contributed by atoms with Crippen LogP contribution < -0.4 is 11.5 Å². The maximum Gasteiger partial charge on any atom is 0.266 e. The van der Waals surface area contributed by atoms with Gasteiger partial charge < -0.3 is 16.4 Å². The molecule has 1 aromatic rings. The second kappa shape index (κ2) is 5.56. The lowest BCUT2D eigenvalue weighted by molar-refractivity contribution is -0.119. The van der Waals surface area contributed by atoms with Gasteiger partial charge in [-0.05, 0) is 19.8 Å². The average molecular weight is 282 g/mol. The van der Waals surface area contributed by atoms with Crippen molar-refractivity contribution in [1.29, 1.82) is 0 Å². The van der Waals surface area contributed by atoms with Gasteiger partial charge in [-0.2, -0.15) is 0 Å². The van der Waals surface area contributed by atoms with Crippen molar-refractivity contribution in [2.45, 2.75) is 38.6 Å². The summed E-state index contributed by atoms with van der Waals surface area (Å²) in [6.45, 7) is 1.71. The fourth-order valence-electron chi connectivity index (χ4n) is 2.50. The van der Waals surface area contributed by atoms with Gasteiger partial charge in [0.1, 0.15) is 4.88 Å². The summed E-state index contributed by atoms with van der Waals surface area (Å²) in [5.74, 6) is -0.673. The molecule has 0 atom stereocenters. The van der Waals surface area contributed by atoms with E-state index in [0.29, 0.717) is 15.7 Å². The lowest BCUT2D eigenvalue weighted by Crippen LogP contribution is -2.44. The highest BCUT2D eigenvalue weighted by Crippen LogP contribution is 2.27. The number of hydrogen-bond acceptors (Lipinski definition) is 5. The van der Waals surface area contributed by atoms with Gasteiger partial charge in [0, 0.05) is 6.04 Å². The van der Waals surface area contributed by atoms with E-state index in [9.17, 15) is 9.59 Å². The molecular formula is C12H18N4O2S. The molecule has 0 radical (unpaired) electrons. The Hall–Kier alpha value is -1.63. The third kappa shape index (κ3) is 3.04. The lowest BCUT2D eigenvalue weighted by atomic mass is 10.2. The van der Waals surface area contributed by atoms with Crippen LogP contribution in [0.5, 0.6) is 0 Å². The predicted octanol–water partition coefficient (Wildman–Crippen LogP) is 0.904. The number of aryl methyl sites for hydroxylation is 1. The number of nitrogens with two attached hydrogens (primary N) is 2. The van der Waals surface area contributed by atoms with Gasteiger partial charge in [0.2, 0.25) is 5.91 Å². The molecule has 4 N–H and O–H groups in total. The second-order valence-electron chi connectivity index (χ2n) is 4.80. The molecule has 19 heavy (non-hydrogen) atoms. The highest BCUT2D eigenvalue weighted by Gasteiger charge is 2.30. The summed E-state index contributed by atoms with van der Waals surface area (Å²) in [5, 5.41) is 0.367. The normalized spacial score (nSPS) is 15.6. The summed E-state index contributed by atoms with van der Waals surface area (Å²) in [7, 11) is 0. The molecule has 1 aliphatic rings. The molecular weight excluding hydrogens is 264 g/mol. The Labute approximate surface area is 115 Å². The van der Waals surface area contributed by atoms with Crippen LogP contribution in [0.3, 0.4) is 0 Å². The molecule has 0 aromatic carbocycles. The Balaban J connectivity index is 2.24. The lowest BCUT2D eigenvalue weighted by Gasteiger charge is -2.27. The van der Waals surface area contributed by atoms with Crippen molar-refractivity contribution >= 4 is 28.3 Å². The highest BCUT2D eigenvalue weighted by atomic mass is 32.1. The summed E-state index contributed by atoms with van der Waals surface area (Å²) >= 11 is 1.16. The van der Waals surface area contributed by atoms with Crippen LogP contribution in [0.15, 0.2) is 0 Å². The van der Waals surface area contributed by atoms with E-state index in [1.807, 2.05) is 0 Å². The summed E-state index contributed by atoms with van der Waals surface area (Å²) in [5.41, 5.74) is 11.5. The van der Waals surface area contributed by atoms with Gasteiger partial charge in [-0.15, -0.1) is 0 Å². The molecule has 0 aliphatic heterocycles. The number of amides is 2. The van der Waals surface area contributed by atoms with E-state index in [-0.39, 0.29) is 18.5 Å². The third-order valence-corrected chi connectivity index (χ3v) is 4.33. The maximum atomic E-state index is 12.5. The van der Waals surface area contributed by atoms with E-state index in [1.54, 1.807) is 11.8 Å². The maximum absolute atomic E-state index is 12.5. The van der Waals surface area contributed by atoms with E-state index in [4.69, 9.17) is 11.5 Å². The number of thiazole rings is 1. The number of nitrogens with zero attached hydrogens (tertiary/aromatic N) is 2. The van der Waals surface area contributed by atoms with Gasteiger partial charge in [0.15, 0.2) is 5.13 Å². The number of rotatable bonds is 4. The number of carbonyl (C=O) groups excluding carboxylic acids is 2. The average Bonchev–Trinajstić information content (AvgIpc) is 2.94. The van der Waals surface area contributed by atoms with Crippen LogP contribution in [0.4, 0.5) is 5.13 Å². The summed E-state index contributed by atoms with van der Waals surface area (Å²) in [6, 6.07) is 0.0997. The smallest absolute Gasteiger partial charge is 0.266 e. The van der Waals surface area contributed by atoms with Gasteiger partial charge in [-0.1, -0.05) is 24.2 Å². The first-order valence-electron chi connectivity index (χ1n) is 6.31. The van der Waals surface area contributed by atoms with Crippen molar-refractivity contribution in [3.05, 3.63) is 10.6 Å². The monoisotopic (exact) mass is 282 g/mol. The molecule has 0 unspecified atom stereocenters. The molecule has 0 bridgehead atoms. The summed E-state index contributed by atoms with van der Waals surface area (Å²) in [6.07, 6.45) is 4.01. The van der Waals surface area contributed by atoms with Crippen LogP contribution in [0, 0.1) is 6.92 Å². The Morgan fingerprint density at radius 3 is 2.53 bits per heavy atom. The van der Waals surface area contributed by atoms with Crippen molar-refractivity contribution in [3.8, 4) is 0 Å². The third-order valence-electron chi connectivity index (χ3n) is 3.36. The van der Waals surface area contributed by atoms with E-state index in [2.05, 4.69) is 4.98 Å². The Bertz CT molecular complexity index is 494.